The van der Waals surface area contributed by atoms with Gasteiger partial charge in [-0.15, -0.1) is 0 Å². The Morgan fingerprint density at radius 2 is 1.95 bits per heavy atom. The lowest BCUT2D eigenvalue weighted by Crippen LogP contribution is -2.32. The summed E-state index contributed by atoms with van der Waals surface area (Å²) in [5, 5.41) is 11.7. The summed E-state index contributed by atoms with van der Waals surface area (Å²) < 4.78 is 43.7. The van der Waals surface area contributed by atoms with Crippen LogP contribution in [0.2, 0.25) is 0 Å². The van der Waals surface area contributed by atoms with E-state index < -0.39 is 36.7 Å². The van der Waals surface area contributed by atoms with Crippen LogP contribution in [0.25, 0.3) is 0 Å². The number of furan rings is 1. The SMILES string of the molecule is O=C(Cc1ccccc1C(F)(F)F)NC(CO)c1ccco1. The maximum atomic E-state index is 12.9. The Bertz CT molecular complexity index is 623. The molecule has 1 heterocycles. The van der Waals surface area contributed by atoms with Crippen LogP contribution < -0.4 is 5.32 Å². The van der Waals surface area contributed by atoms with Gasteiger partial charge in [-0.1, -0.05) is 18.2 Å². The van der Waals surface area contributed by atoms with E-state index in [1.54, 1.807) is 12.1 Å². The first-order valence-electron chi connectivity index (χ1n) is 6.50. The van der Waals surface area contributed by atoms with Crippen molar-refractivity contribution in [3.63, 3.8) is 0 Å². The predicted molar refractivity (Wildman–Crippen MR) is 71.8 cm³/mol. The van der Waals surface area contributed by atoms with Gasteiger partial charge in [0, 0.05) is 0 Å². The number of rotatable bonds is 5. The van der Waals surface area contributed by atoms with Crippen molar-refractivity contribution in [2.75, 3.05) is 6.61 Å². The zero-order chi connectivity index (χ0) is 16.2. The molecule has 1 atom stereocenters. The Balaban J connectivity index is 2.10. The highest BCUT2D eigenvalue weighted by Crippen LogP contribution is 2.32. The molecule has 1 amide bonds. The molecule has 0 spiro atoms. The van der Waals surface area contributed by atoms with Crippen molar-refractivity contribution in [3.8, 4) is 0 Å². The van der Waals surface area contributed by atoms with E-state index in [9.17, 15) is 23.1 Å². The van der Waals surface area contributed by atoms with Gasteiger partial charge >= 0.3 is 6.18 Å². The average Bonchev–Trinajstić information content (AvgIpc) is 2.98. The van der Waals surface area contributed by atoms with Crippen molar-refractivity contribution >= 4 is 5.91 Å². The van der Waals surface area contributed by atoms with Crippen molar-refractivity contribution in [3.05, 3.63) is 59.5 Å². The van der Waals surface area contributed by atoms with Crippen molar-refractivity contribution < 1.29 is 27.5 Å². The first-order valence-corrected chi connectivity index (χ1v) is 6.50. The van der Waals surface area contributed by atoms with E-state index in [2.05, 4.69) is 5.32 Å². The molecule has 0 aliphatic carbocycles. The van der Waals surface area contributed by atoms with E-state index in [0.29, 0.717) is 5.76 Å². The number of halogens is 3. The van der Waals surface area contributed by atoms with Gasteiger partial charge in [-0.2, -0.15) is 13.2 Å². The summed E-state index contributed by atoms with van der Waals surface area (Å²) in [7, 11) is 0. The first-order chi connectivity index (χ1) is 10.4. The fourth-order valence-electron chi connectivity index (χ4n) is 2.07. The third-order valence-electron chi connectivity index (χ3n) is 3.08. The first kappa shape index (κ1) is 16.1. The monoisotopic (exact) mass is 313 g/mol. The van der Waals surface area contributed by atoms with Crippen LogP contribution in [0.1, 0.15) is 22.9 Å². The fourth-order valence-corrected chi connectivity index (χ4v) is 2.07. The largest absolute Gasteiger partial charge is 0.467 e. The second-order valence-electron chi connectivity index (χ2n) is 4.65. The van der Waals surface area contributed by atoms with Crippen molar-refractivity contribution in [2.45, 2.75) is 18.6 Å². The van der Waals surface area contributed by atoms with Gasteiger partial charge in [-0.3, -0.25) is 4.79 Å². The van der Waals surface area contributed by atoms with Crippen molar-refractivity contribution in [2.24, 2.45) is 0 Å². The van der Waals surface area contributed by atoms with Crippen LogP contribution >= 0.6 is 0 Å². The van der Waals surface area contributed by atoms with E-state index in [1.165, 1.54) is 24.5 Å². The Hall–Kier alpha value is -2.28. The zero-order valence-electron chi connectivity index (χ0n) is 11.4. The normalized spacial score (nSPS) is 12.9. The van der Waals surface area contributed by atoms with Crippen LogP contribution in [0, 0.1) is 0 Å². The summed E-state index contributed by atoms with van der Waals surface area (Å²) in [4.78, 5) is 11.9. The molecule has 2 N–H and O–H groups in total. The summed E-state index contributed by atoms with van der Waals surface area (Å²) in [5.74, 6) is -0.299. The maximum Gasteiger partial charge on any atom is 0.416 e. The number of alkyl halides is 3. The van der Waals surface area contributed by atoms with Crippen LogP contribution in [0.5, 0.6) is 0 Å². The van der Waals surface area contributed by atoms with E-state index in [1.807, 2.05) is 0 Å². The van der Waals surface area contributed by atoms with Crippen molar-refractivity contribution in [1.29, 1.82) is 0 Å². The van der Waals surface area contributed by atoms with Gasteiger partial charge in [0.05, 0.1) is 24.9 Å². The molecule has 118 valence electrons. The van der Waals surface area contributed by atoms with E-state index >= 15 is 0 Å². The van der Waals surface area contributed by atoms with Crippen molar-refractivity contribution in [1.82, 2.24) is 5.32 Å². The maximum absolute atomic E-state index is 12.9. The highest BCUT2D eigenvalue weighted by molar-refractivity contribution is 5.79. The molecule has 0 radical (unpaired) electrons. The minimum Gasteiger partial charge on any atom is -0.467 e. The average molecular weight is 313 g/mol. The second kappa shape index (κ2) is 6.65. The quantitative estimate of drug-likeness (QED) is 0.892. The molecule has 1 unspecified atom stereocenters. The molecule has 0 aliphatic heterocycles. The molecule has 0 bridgehead atoms. The standard InChI is InChI=1S/C15H14F3NO3/c16-15(17,18)11-5-2-1-4-10(11)8-14(21)19-12(9-20)13-6-3-7-22-13/h1-7,12,20H,8-9H2,(H,19,21). The van der Waals surface area contributed by atoms with Gasteiger partial charge in [0.2, 0.25) is 5.91 Å². The van der Waals surface area contributed by atoms with Gasteiger partial charge in [-0.05, 0) is 23.8 Å². The molecule has 7 heteroatoms. The molecular weight excluding hydrogens is 299 g/mol. The van der Waals surface area contributed by atoms with Gasteiger partial charge in [0.15, 0.2) is 0 Å². The summed E-state index contributed by atoms with van der Waals surface area (Å²) in [6.07, 6.45) is -3.58. The molecule has 2 rings (SSSR count). The molecule has 1 aromatic heterocycles. The van der Waals surface area contributed by atoms with Crippen LogP contribution in [0.4, 0.5) is 13.2 Å². The van der Waals surface area contributed by atoms with Gasteiger partial charge in [0.1, 0.15) is 11.8 Å². The van der Waals surface area contributed by atoms with Crippen LogP contribution in [-0.4, -0.2) is 17.6 Å². The summed E-state index contributed by atoms with van der Waals surface area (Å²) in [5.41, 5.74) is -0.965. The molecule has 2 aromatic rings. The van der Waals surface area contributed by atoms with Gasteiger partial charge in [0.25, 0.3) is 0 Å². The molecule has 4 nitrogen and oxygen atoms in total. The van der Waals surface area contributed by atoms with Gasteiger partial charge in [-0.25, -0.2) is 0 Å². The van der Waals surface area contributed by atoms with E-state index in [-0.39, 0.29) is 5.56 Å². The lowest BCUT2D eigenvalue weighted by Gasteiger charge is -2.16. The molecular formula is C15H14F3NO3. The number of amides is 1. The second-order valence-corrected chi connectivity index (χ2v) is 4.65. The molecule has 0 saturated carbocycles. The summed E-state index contributed by atoms with van der Waals surface area (Å²) >= 11 is 0. The van der Waals surface area contributed by atoms with E-state index in [4.69, 9.17) is 4.42 Å². The minimum atomic E-state index is -4.52. The molecule has 1 aromatic carbocycles. The number of carbonyl (C=O) groups is 1. The number of nitrogens with one attached hydrogen (secondary N) is 1. The number of aliphatic hydroxyl groups is 1. The van der Waals surface area contributed by atoms with Crippen LogP contribution in [0.3, 0.4) is 0 Å². The Morgan fingerprint density at radius 1 is 1.23 bits per heavy atom. The predicted octanol–water partition coefficient (Wildman–Crippen LogP) is 2.69. The Morgan fingerprint density at radius 3 is 2.55 bits per heavy atom. The number of carbonyl (C=O) groups excluding carboxylic acids is 1. The topological polar surface area (TPSA) is 62.5 Å². The number of hydrogen-bond acceptors (Lipinski definition) is 3. The van der Waals surface area contributed by atoms with Gasteiger partial charge < -0.3 is 14.8 Å². The third-order valence-corrected chi connectivity index (χ3v) is 3.08. The summed E-state index contributed by atoms with van der Waals surface area (Å²) in [6, 6.07) is 7.24. The molecule has 0 fully saturated rings. The lowest BCUT2D eigenvalue weighted by molar-refractivity contribution is -0.138. The number of aliphatic hydroxyl groups excluding tert-OH is 1. The van der Waals surface area contributed by atoms with Crippen LogP contribution in [-0.2, 0) is 17.4 Å². The number of benzene rings is 1. The molecule has 0 saturated heterocycles. The highest BCUT2D eigenvalue weighted by Gasteiger charge is 2.33. The number of hydrogen-bond donors (Lipinski definition) is 2. The third kappa shape index (κ3) is 3.88. The lowest BCUT2D eigenvalue weighted by atomic mass is 10.0. The Kier molecular flexibility index (Phi) is 4.87. The smallest absolute Gasteiger partial charge is 0.416 e. The van der Waals surface area contributed by atoms with E-state index in [0.717, 1.165) is 6.07 Å². The molecule has 22 heavy (non-hydrogen) atoms. The zero-order valence-corrected chi connectivity index (χ0v) is 11.4. The molecule has 0 aliphatic rings. The fraction of sp³-hybridized carbons (Fsp3) is 0.267. The Labute approximate surface area is 124 Å². The minimum absolute atomic E-state index is 0.122. The summed E-state index contributed by atoms with van der Waals surface area (Å²) in [6.45, 7) is -0.416. The van der Waals surface area contributed by atoms with Crippen LogP contribution in [0.15, 0.2) is 47.1 Å². The highest BCUT2D eigenvalue weighted by atomic mass is 19.4.